The first-order valence-electron chi connectivity index (χ1n) is 9.76. The highest BCUT2D eigenvalue weighted by molar-refractivity contribution is 7.15. The van der Waals surface area contributed by atoms with Crippen molar-refractivity contribution in [1.82, 2.24) is 15.1 Å². The standard InChI is InChI=1S/C20H23N5O3S/c1-4-15-22-23-19(29-15)21-18(28)20-10-9-16(26)25(20)14-8-6-5-7-13(14)17(27)24(20)11-12(2)3/h5-8,12H,4,9-11H2,1-3H3,(H,21,23,28)/t20-/m0/s1. The molecule has 1 atom stereocenters. The van der Waals surface area contributed by atoms with Crippen LogP contribution >= 0.6 is 11.3 Å². The molecule has 8 nitrogen and oxygen atoms in total. The first kappa shape index (κ1) is 19.5. The summed E-state index contributed by atoms with van der Waals surface area (Å²) in [6.07, 6.45) is 1.15. The molecule has 1 fully saturated rings. The topological polar surface area (TPSA) is 95.5 Å². The summed E-state index contributed by atoms with van der Waals surface area (Å²) in [5.41, 5.74) is -0.470. The normalized spacial score (nSPS) is 20.8. The van der Waals surface area contributed by atoms with E-state index in [0.717, 1.165) is 5.01 Å². The zero-order valence-corrected chi connectivity index (χ0v) is 17.5. The summed E-state index contributed by atoms with van der Waals surface area (Å²) in [5.74, 6) is -0.701. The van der Waals surface area contributed by atoms with E-state index in [4.69, 9.17) is 0 Å². The summed E-state index contributed by atoms with van der Waals surface area (Å²) >= 11 is 1.30. The molecule has 3 amide bonds. The van der Waals surface area contributed by atoms with E-state index in [1.807, 2.05) is 20.8 Å². The fraction of sp³-hybridized carbons (Fsp3) is 0.450. The van der Waals surface area contributed by atoms with E-state index >= 15 is 0 Å². The molecular formula is C20H23N5O3S. The molecule has 2 aromatic rings. The predicted octanol–water partition coefficient (Wildman–Crippen LogP) is 2.67. The van der Waals surface area contributed by atoms with Gasteiger partial charge in [0.2, 0.25) is 16.7 Å². The average molecular weight is 414 g/mol. The largest absolute Gasteiger partial charge is 0.307 e. The number of para-hydroxylation sites is 1. The maximum absolute atomic E-state index is 13.6. The molecule has 2 aliphatic heterocycles. The first-order valence-corrected chi connectivity index (χ1v) is 10.6. The minimum atomic E-state index is -1.40. The highest BCUT2D eigenvalue weighted by Crippen LogP contribution is 2.45. The third kappa shape index (κ3) is 3.00. The second kappa shape index (κ2) is 7.22. The van der Waals surface area contributed by atoms with Crippen LogP contribution in [0.3, 0.4) is 0 Å². The molecule has 1 saturated heterocycles. The van der Waals surface area contributed by atoms with Crippen molar-refractivity contribution in [3.05, 3.63) is 34.8 Å². The summed E-state index contributed by atoms with van der Waals surface area (Å²) in [6.45, 7) is 6.29. The quantitative estimate of drug-likeness (QED) is 0.813. The Labute approximate surface area is 172 Å². The molecule has 9 heteroatoms. The molecule has 0 saturated carbocycles. The number of nitrogens with zero attached hydrogens (tertiary/aromatic N) is 4. The number of aromatic nitrogens is 2. The van der Waals surface area contributed by atoms with Crippen LogP contribution in [0.2, 0.25) is 0 Å². The number of nitrogens with one attached hydrogen (secondary N) is 1. The Hall–Kier alpha value is -2.81. The second-order valence-electron chi connectivity index (χ2n) is 7.68. The Morgan fingerprint density at radius 3 is 2.72 bits per heavy atom. The molecule has 0 bridgehead atoms. The van der Waals surface area contributed by atoms with E-state index in [1.54, 1.807) is 29.2 Å². The van der Waals surface area contributed by atoms with Crippen LogP contribution in [0.25, 0.3) is 0 Å². The number of fused-ring (bicyclic) bond motifs is 3. The Bertz CT molecular complexity index is 988. The lowest BCUT2D eigenvalue weighted by atomic mass is 9.94. The van der Waals surface area contributed by atoms with Gasteiger partial charge in [0.1, 0.15) is 5.01 Å². The molecule has 1 N–H and O–H groups in total. The van der Waals surface area contributed by atoms with Gasteiger partial charge < -0.3 is 4.90 Å². The van der Waals surface area contributed by atoms with Crippen molar-refractivity contribution in [2.24, 2.45) is 5.92 Å². The van der Waals surface area contributed by atoms with Crippen LogP contribution in [0.4, 0.5) is 10.8 Å². The van der Waals surface area contributed by atoms with Gasteiger partial charge >= 0.3 is 0 Å². The highest BCUT2D eigenvalue weighted by Gasteiger charge is 2.60. The SMILES string of the molecule is CCc1nnc(NC(=O)[C@]23CCC(=O)N2c2ccccc2C(=O)N3CC(C)C)s1. The van der Waals surface area contributed by atoms with Gasteiger partial charge in [-0.3, -0.25) is 24.6 Å². The van der Waals surface area contributed by atoms with Crippen LogP contribution in [0.1, 0.15) is 49.0 Å². The summed E-state index contributed by atoms with van der Waals surface area (Å²) < 4.78 is 0. The van der Waals surface area contributed by atoms with E-state index in [2.05, 4.69) is 15.5 Å². The molecule has 29 heavy (non-hydrogen) atoms. The Morgan fingerprint density at radius 2 is 2.03 bits per heavy atom. The number of anilines is 2. The number of amides is 3. The maximum Gasteiger partial charge on any atom is 0.273 e. The molecular weight excluding hydrogens is 390 g/mol. The number of hydrogen-bond donors (Lipinski definition) is 1. The number of benzene rings is 1. The third-order valence-corrected chi connectivity index (χ3v) is 6.26. The van der Waals surface area contributed by atoms with Gasteiger partial charge in [-0.2, -0.15) is 0 Å². The zero-order valence-electron chi connectivity index (χ0n) is 16.6. The third-order valence-electron chi connectivity index (χ3n) is 5.27. The van der Waals surface area contributed by atoms with Gasteiger partial charge in [0.15, 0.2) is 0 Å². The lowest BCUT2D eigenvalue weighted by Crippen LogP contribution is -2.69. The lowest BCUT2D eigenvalue weighted by Gasteiger charge is -2.49. The first-order chi connectivity index (χ1) is 13.9. The summed E-state index contributed by atoms with van der Waals surface area (Å²) in [4.78, 5) is 43.0. The van der Waals surface area contributed by atoms with Crippen LogP contribution < -0.4 is 10.2 Å². The van der Waals surface area contributed by atoms with Gasteiger partial charge in [-0.25, -0.2) is 0 Å². The summed E-state index contributed by atoms with van der Waals surface area (Å²) in [6, 6.07) is 6.98. The molecule has 2 aliphatic rings. The molecule has 152 valence electrons. The second-order valence-corrected chi connectivity index (χ2v) is 8.74. The maximum atomic E-state index is 13.6. The highest BCUT2D eigenvalue weighted by atomic mass is 32.1. The van der Waals surface area contributed by atoms with Crippen molar-refractivity contribution in [3.8, 4) is 0 Å². The van der Waals surface area contributed by atoms with Crippen LogP contribution in [0.5, 0.6) is 0 Å². The molecule has 3 heterocycles. The Balaban J connectivity index is 1.82. The van der Waals surface area contributed by atoms with Crippen LogP contribution in [-0.4, -0.2) is 45.0 Å². The Kier molecular flexibility index (Phi) is 4.85. The minimum Gasteiger partial charge on any atom is -0.307 e. The average Bonchev–Trinajstić information content (AvgIpc) is 3.30. The summed E-state index contributed by atoms with van der Waals surface area (Å²) in [7, 11) is 0. The minimum absolute atomic E-state index is 0.125. The van der Waals surface area contributed by atoms with Gasteiger partial charge in [0.25, 0.3) is 11.8 Å². The number of carbonyl (C=O) groups is 3. The number of hydrogen-bond acceptors (Lipinski definition) is 6. The van der Waals surface area contributed by atoms with Crippen molar-refractivity contribution in [2.45, 2.75) is 45.7 Å². The monoisotopic (exact) mass is 413 g/mol. The fourth-order valence-corrected chi connectivity index (χ4v) is 4.72. The predicted molar refractivity (Wildman–Crippen MR) is 110 cm³/mol. The van der Waals surface area contributed by atoms with E-state index in [1.165, 1.54) is 16.2 Å². The molecule has 1 aromatic heterocycles. The summed E-state index contributed by atoms with van der Waals surface area (Å²) in [5, 5.41) is 12.1. The van der Waals surface area contributed by atoms with Crippen LogP contribution in [0, 0.1) is 5.92 Å². The van der Waals surface area contributed by atoms with Gasteiger partial charge in [0, 0.05) is 19.4 Å². The van der Waals surface area contributed by atoms with E-state index in [0.29, 0.717) is 29.3 Å². The van der Waals surface area contributed by atoms with Crippen molar-refractivity contribution in [1.29, 1.82) is 0 Å². The Morgan fingerprint density at radius 1 is 1.28 bits per heavy atom. The van der Waals surface area contributed by atoms with Gasteiger partial charge in [0.05, 0.1) is 11.3 Å². The molecule has 0 unspecified atom stereocenters. The zero-order chi connectivity index (χ0) is 20.8. The lowest BCUT2D eigenvalue weighted by molar-refractivity contribution is -0.129. The number of aryl methyl sites for hydroxylation is 1. The number of carbonyl (C=O) groups excluding carboxylic acids is 3. The number of rotatable bonds is 5. The van der Waals surface area contributed by atoms with E-state index in [9.17, 15) is 14.4 Å². The van der Waals surface area contributed by atoms with Crippen molar-refractivity contribution >= 4 is 39.9 Å². The van der Waals surface area contributed by atoms with E-state index < -0.39 is 11.6 Å². The van der Waals surface area contributed by atoms with Crippen LogP contribution in [-0.2, 0) is 16.0 Å². The smallest absolute Gasteiger partial charge is 0.273 e. The molecule has 1 aromatic carbocycles. The molecule has 0 spiro atoms. The van der Waals surface area contributed by atoms with Gasteiger partial charge in [-0.05, 0) is 24.5 Å². The molecule has 4 rings (SSSR count). The molecule has 0 aliphatic carbocycles. The fourth-order valence-electron chi connectivity index (χ4n) is 4.04. The van der Waals surface area contributed by atoms with Crippen molar-refractivity contribution < 1.29 is 14.4 Å². The van der Waals surface area contributed by atoms with E-state index in [-0.39, 0.29) is 30.6 Å². The van der Waals surface area contributed by atoms with Crippen LogP contribution in [0.15, 0.2) is 24.3 Å². The van der Waals surface area contributed by atoms with Gasteiger partial charge in [-0.15, -0.1) is 10.2 Å². The molecule has 0 radical (unpaired) electrons. The van der Waals surface area contributed by atoms with Gasteiger partial charge in [-0.1, -0.05) is 44.2 Å². The van der Waals surface area contributed by atoms with Crippen molar-refractivity contribution in [2.75, 3.05) is 16.8 Å². The van der Waals surface area contributed by atoms with Crippen molar-refractivity contribution in [3.63, 3.8) is 0 Å².